The molecule has 4 nitrogen and oxygen atoms in total. The highest BCUT2D eigenvalue weighted by atomic mass is 16.5. The van der Waals surface area contributed by atoms with Crippen molar-refractivity contribution >= 4 is 11.9 Å². The van der Waals surface area contributed by atoms with Crippen LogP contribution in [0.5, 0.6) is 0 Å². The zero-order chi connectivity index (χ0) is 37.8. The highest BCUT2D eigenvalue weighted by Crippen LogP contribution is 2.18. The topological polar surface area (TPSA) is 63.6 Å². The molecular weight excluding hydrogens is 641 g/mol. The summed E-state index contributed by atoms with van der Waals surface area (Å²) in [5.74, 6) is -0.633. The average molecular weight is 729 g/mol. The number of esters is 1. The highest BCUT2D eigenvalue weighted by molar-refractivity contribution is 5.69. The first-order chi connectivity index (χ1) is 25.6. The third-order valence-electron chi connectivity index (χ3n) is 10.3. The molecule has 0 aromatic rings. The molecule has 1 atom stereocenters. The van der Waals surface area contributed by atoms with Crippen molar-refractivity contribution in [2.24, 2.45) is 0 Å². The van der Waals surface area contributed by atoms with Crippen LogP contribution in [-0.2, 0) is 14.3 Å². The number of carbonyl (C=O) groups is 2. The lowest BCUT2D eigenvalue weighted by Gasteiger charge is -2.18. The number of rotatable bonds is 42. The van der Waals surface area contributed by atoms with Crippen molar-refractivity contribution in [2.45, 2.75) is 258 Å². The van der Waals surface area contributed by atoms with Crippen LogP contribution in [0.1, 0.15) is 251 Å². The molecule has 0 fully saturated rings. The summed E-state index contributed by atoms with van der Waals surface area (Å²) < 4.78 is 5.96. The molecule has 1 unspecified atom stereocenters. The molecule has 0 heterocycles. The molecule has 0 aromatic carbocycles. The van der Waals surface area contributed by atoms with E-state index in [0.29, 0.717) is 12.8 Å². The Balaban J connectivity index is 3.61. The summed E-state index contributed by atoms with van der Waals surface area (Å²) in [7, 11) is 0. The average Bonchev–Trinajstić information content (AvgIpc) is 3.13. The second kappa shape index (κ2) is 43.6. The number of ether oxygens (including phenoxy) is 1. The van der Waals surface area contributed by atoms with Crippen molar-refractivity contribution in [3.05, 3.63) is 36.5 Å². The van der Waals surface area contributed by atoms with Crippen molar-refractivity contribution in [1.29, 1.82) is 0 Å². The van der Waals surface area contributed by atoms with Gasteiger partial charge in [0.1, 0.15) is 6.10 Å². The molecule has 52 heavy (non-hydrogen) atoms. The summed E-state index contributed by atoms with van der Waals surface area (Å²) in [6, 6.07) is 0. The maximum Gasteiger partial charge on any atom is 0.306 e. The first-order valence-corrected chi connectivity index (χ1v) is 23.0. The molecule has 0 radical (unpaired) electrons. The van der Waals surface area contributed by atoms with Gasteiger partial charge in [-0.3, -0.25) is 9.59 Å². The number of carbonyl (C=O) groups excluding carboxylic acids is 1. The highest BCUT2D eigenvalue weighted by Gasteiger charge is 2.14. The second-order valence-electron chi connectivity index (χ2n) is 15.6. The van der Waals surface area contributed by atoms with Crippen molar-refractivity contribution in [3.8, 4) is 0 Å². The maximum absolute atomic E-state index is 12.6. The normalized spacial score (nSPS) is 12.5. The number of unbranched alkanes of at least 4 members (excludes halogenated alkanes) is 27. The molecule has 0 aliphatic rings. The van der Waals surface area contributed by atoms with Crippen molar-refractivity contribution in [1.82, 2.24) is 0 Å². The van der Waals surface area contributed by atoms with Crippen LogP contribution in [0, 0.1) is 0 Å². The van der Waals surface area contributed by atoms with E-state index in [2.05, 4.69) is 50.3 Å². The zero-order valence-corrected chi connectivity index (χ0v) is 34.9. The van der Waals surface area contributed by atoms with Crippen molar-refractivity contribution < 1.29 is 19.4 Å². The Kier molecular flexibility index (Phi) is 42.0. The second-order valence-corrected chi connectivity index (χ2v) is 15.6. The summed E-state index contributed by atoms with van der Waals surface area (Å²) in [4.78, 5) is 23.1. The molecule has 0 spiro atoms. The van der Waals surface area contributed by atoms with Crippen LogP contribution in [0.15, 0.2) is 36.5 Å². The Hall–Kier alpha value is -1.84. The Morgan fingerprint density at radius 1 is 0.423 bits per heavy atom. The first kappa shape index (κ1) is 50.2. The molecule has 0 saturated heterocycles. The van der Waals surface area contributed by atoms with E-state index < -0.39 is 5.97 Å². The molecule has 0 aromatic heterocycles. The van der Waals surface area contributed by atoms with E-state index >= 15 is 0 Å². The van der Waals surface area contributed by atoms with Crippen LogP contribution in [0.25, 0.3) is 0 Å². The molecule has 0 amide bonds. The monoisotopic (exact) mass is 729 g/mol. The lowest BCUT2D eigenvalue weighted by Crippen LogP contribution is -2.18. The number of aliphatic carboxylic acids is 1. The number of carboxylic acid groups (broad SMARTS) is 1. The summed E-state index contributed by atoms with van der Waals surface area (Å²) in [6.45, 7) is 4.48. The third-order valence-corrected chi connectivity index (χ3v) is 10.3. The Bertz CT molecular complexity index is 828. The van der Waals surface area contributed by atoms with Gasteiger partial charge in [-0.05, 0) is 89.9 Å². The van der Waals surface area contributed by atoms with Gasteiger partial charge in [0.2, 0.25) is 0 Å². The fraction of sp³-hybridized carbons (Fsp3) is 0.833. The molecule has 0 aliphatic heterocycles. The standard InChI is InChI=1S/C48H88O4/c1-3-5-7-8-9-10-11-12-13-14-15-16-17-18-23-26-29-32-35-38-41-45-48(51)52-46(42-6-4-2)43-39-36-33-30-27-24-21-19-20-22-25-28-31-34-37-40-44-47(49)50/h9-10,12-13,18,23,46H,3-8,11,14-17,19-22,24-45H2,1-2H3,(H,49,50)/b10-9-,13-12-,23-18-. The van der Waals surface area contributed by atoms with Crippen LogP contribution in [-0.4, -0.2) is 23.1 Å². The van der Waals surface area contributed by atoms with E-state index in [0.717, 1.165) is 57.8 Å². The fourth-order valence-corrected chi connectivity index (χ4v) is 6.90. The minimum atomic E-state index is -0.663. The van der Waals surface area contributed by atoms with E-state index in [1.165, 1.54) is 167 Å². The summed E-state index contributed by atoms with van der Waals surface area (Å²) in [6.07, 6.45) is 58.1. The van der Waals surface area contributed by atoms with Gasteiger partial charge in [-0.1, -0.05) is 185 Å². The minimum absolute atomic E-state index is 0.0298. The molecule has 0 aliphatic carbocycles. The number of allylic oxidation sites excluding steroid dienone is 6. The SMILES string of the molecule is CCCCC/C=C\C/C=C\CCCC/C=C\CCCCCCCC(=O)OC(CCCC)CCCCCCCCCCCCCCCCCCC(=O)O. The predicted molar refractivity (Wildman–Crippen MR) is 227 cm³/mol. The molecule has 304 valence electrons. The van der Waals surface area contributed by atoms with Gasteiger partial charge in [0, 0.05) is 12.8 Å². The van der Waals surface area contributed by atoms with Gasteiger partial charge in [0.05, 0.1) is 0 Å². The van der Waals surface area contributed by atoms with Crippen molar-refractivity contribution in [3.63, 3.8) is 0 Å². The first-order valence-electron chi connectivity index (χ1n) is 23.0. The number of hydrogen-bond donors (Lipinski definition) is 1. The van der Waals surface area contributed by atoms with Crippen LogP contribution < -0.4 is 0 Å². The Morgan fingerprint density at radius 2 is 0.769 bits per heavy atom. The van der Waals surface area contributed by atoms with Gasteiger partial charge >= 0.3 is 11.9 Å². The predicted octanol–water partition coefficient (Wildman–Crippen LogP) is 16.1. The van der Waals surface area contributed by atoms with E-state index in [4.69, 9.17) is 9.84 Å². The minimum Gasteiger partial charge on any atom is -0.481 e. The Labute approximate surface area is 324 Å². The van der Waals surface area contributed by atoms with E-state index in [9.17, 15) is 9.59 Å². The Morgan fingerprint density at radius 3 is 1.23 bits per heavy atom. The van der Waals surface area contributed by atoms with Gasteiger partial charge in [-0.25, -0.2) is 0 Å². The number of hydrogen-bond acceptors (Lipinski definition) is 3. The number of carboxylic acids is 1. The molecule has 0 rings (SSSR count). The van der Waals surface area contributed by atoms with Gasteiger partial charge in [0.15, 0.2) is 0 Å². The van der Waals surface area contributed by atoms with Crippen LogP contribution in [0.2, 0.25) is 0 Å². The largest absolute Gasteiger partial charge is 0.481 e. The van der Waals surface area contributed by atoms with Gasteiger partial charge in [-0.15, -0.1) is 0 Å². The van der Waals surface area contributed by atoms with Crippen LogP contribution in [0.4, 0.5) is 0 Å². The maximum atomic E-state index is 12.6. The summed E-state index contributed by atoms with van der Waals surface area (Å²) in [5.41, 5.74) is 0. The molecule has 0 bridgehead atoms. The van der Waals surface area contributed by atoms with Gasteiger partial charge in [-0.2, -0.15) is 0 Å². The lowest BCUT2D eigenvalue weighted by molar-refractivity contribution is -0.150. The molecule has 1 N–H and O–H groups in total. The molecule has 0 saturated carbocycles. The van der Waals surface area contributed by atoms with E-state index in [-0.39, 0.29) is 12.1 Å². The quantitative estimate of drug-likeness (QED) is 0.0386. The van der Waals surface area contributed by atoms with Crippen molar-refractivity contribution in [2.75, 3.05) is 0 Å². The van der Waals surface area contributed by atoms with Gasteiger partial charge in [0.25, 0.3) is 0 Å². The smallest absolute Gasteiger partial charge is 0.306 e. The van der Waals surface area contributed by atoms with E-state index in [1.54, 1.807) is 0 Å². The molecular formula is C48H88O4. The van der Waals surface area contributed by atoms with E-state index in [1.807, 2.05) is 0 Å². The van der Waals surface area contributed by atoms with Crippen LogP contribution in [0.3, 0.4) is 0 Å². The van der Waals surface area contributed by atoms with Crippen LogP contribution >= 0.6 is 0 Å². The third kappa shape index (κ3) is 42.6. The summed E-state index contributed by atoms with van der Waals surface area (Å²) >= 11 is 0. The summed E-state index contributed by atoms with van der Waals surface area (Å²) in [5, 5.41) is 8.68. The lowest BCUT2D eigenvalue weighted by atomic mass is 10.0. The fourth-order valence-electron chi connectivity index (χ4n) is 6.90. The zero-order valence-electron chi connectivity index (χ0n) is 34.9. The van der Waals surface area contributed by atoms with Gasteiger partial charge < -0.3 is 9.84 Å². The molecule has 4 heteroatoms.